The van der Waals surface area contributed by atoms with Gasteiger partial charge in [0.15, 0.2) is 0 Å². The van der Waals surface area contributed by atoms with E-state index in [0.717, 1.165) is 37.7 Å². The first kappa shape index (κ1) is 46.0. The van der Waals surface area contributed by atoms with Gasteiger partial charge in [-0.05, 0) is 39.9 Å². The fraction of sp³-hybridized carbons (Fsp3) is 0. The summed E-state index contributed by atoms with van der Waals surface area (Å²) in [6, 6.07) is 66.4. The maximum absolute atomic E-state index is 5.99. The van der Waals surface area contributed by atoms with Gasteiger partial charge in [-0.2, -0.15) is 11.3 Å². The van der Waals surface area contributed by atoms with Crippen LogP contribution < -0.4 is 9.47 Å². The van der Waals surface area contributed by atoms with E-state index < -0.39 is 0 Å². The summed E-state index contributed by atoms with van der Waals surface area (Å²) >= 11 is 4.86. The van der Waals surface area contributed by atoms with Gasteiger partial charge in [0.05, 0.1) is 6.20 Å². The molecule has 0 aliphatic rings. The SMILES string of the molecule is [Cl][Pt+].[Cl][Pt+].[c-]1c(Oc2ccccn2)cccc1-c1ncc(-c2ccc(-c3ccccc3)cc2)o1.[c-]1c(Oc2ccccn2)cccc1-c1ncc(-c2ccc(-c3ccccc3)cc2)s1. The third kappa shape index (κ3) is 12.6. The van der Waals surface area contributed by atoms with E-state index in [4.69, 9.17) is 13.9 Å². The maximum atomic E-state index is 5.99. The van der Waals surface area contributed by atoms with Crippen molar-refractivity contribution in [3.63, 3.8) is 0 Å². The standard InChI is InChI=1S/C26H17N2O2.C26H17N2OS.2ClH.2Pt/c2*1-2-7-19(8-3-1)20-12-14-21(15-13-20)24-18-28-26(30-24)22-9-6-10-23(17-22)29-25-11-4-5-16-27-25;;;;/h2*1-16,18H;2*1H;;/q2*-1;;;2*+2/p-2. The molecule has 4 aromatic heterocycles. The zero-order valence-corrected chi connectivity index (χ0v) is 40.3. The molecule has 0 saturated carbocycles. The summed E-state index contributed by atoms with van der Waals surface area (Å²) in [5.74, 6) is 3.42. The Kier molecular flexibility index (Phi) is 17.4. The second-order valence-electron chi connectivity index (χ2n) is 13.3. The number of hydrogen-bond acceptors (Lipinski definition) is 8. The number of aromatic nitrogens is 4. The first-order chi connectivity index (χ1) is 31.7. The van der Waals surface area contributed by atoms with Crippen LogP contribution in [0.5, 0.6) is 23.3 Å². The van der Waals surface area contributed by atoms with Crippen LogP contribution in [0.3, 0.4) is 0 Å². The van der Waals surface area contributed by atoms with Crippen molar-refractivity contribution in [3.05, 3.63) is 219 Å². The molecule has 320 valence electrons. The number of halogens is 2. The number of nitrogens with zero attached hydrogens (tertiary/aromatic N) is 4. The number of hydrogen-bond donors (Lipinski definition) is 0. The predicted molar refractivity (Wildman–Crippen MR) is 249 cm³/mol. The van der Waals surface area contributed by atoms with E-state index in [1.54, 1.807) is 73.5 Å². The van der Waals surface area contributed by atoms with E-state index in [1.807, 2.05) is 109 Å². The summed E-state index contributed by atoms with van der Waals surface area (Å²) in [5, 5.41) is 0.906. The summed E-state index contributed by atoms with van der Waals surface area (Å²) in [6.07, 6.45) is 7.03. The number of thiazole rings is 1. The molecule has 0 N–H and O–H groups in total. The molecule has 0 fully saturated rings. The molecule has 0 atom stereocenters. The molecule has 12 heteroatoms. The van der Waals surface area contributed by atoms with Crippen molar-refractivity contribution >= 4 is 30.2 Å². The Morgan fingerprint density at radius 3 is 1.42 bits per heavy atom. The molecular formula is C52H34Cl2N4O3Pt2S. The fourth-order valence-corrected chi connectivity index (χ4v) is 7.19. The predicted octanol–water partition coefficient (Wildman–Crippen LogP) is 15.2. The van der Waals surface area contributed by atoms with Crippen LogP contribution in [-0.4, -0.2) is 19.9 Å². The largest absolute Gasteiger partial charge is 0.481 e. The number of pyridine rings is 2. The van der Waals surface area contributed by atoms with E-state index in [1.165, 1.54) is 16.7 Å². The van der Waals surface area contributed by atoms with Gasteiger partial charge < -0.3 is 13.9 Å². The minimum atomic E-state index is 0.489. The average molecular weight is 1260 g/mol. The third-order valence-corrected chi connectivity index (χ3v) is 10.3. The summed E-state index contributed by atoms with van der Waals surface area (Å²) in [5.41, 5.74) is 8.50. The van der Waals surface area contributed by atoms with Crippen LogP contribution in [-0.2, 0) is 37.5 Å². The second kappa shape index (κ2) is 24.2. The third-order valence-electron chi connectivity index (χ3n) is 9.27. The molecule has 0 unspecified atom stereocenters. The normalized spacial score (nSPS) is 10.2. The second-order valence-corrected chi connectivity index (χ2v) is 14.4. The van der Waals surface area contributed by atoms with E-state index in [9.17, 15) is 0 Å². The smallest absolute Gasteiger partial charge is 0.217 e. The Bertz CT molecular complexity index is 2730. The van der Waals surface area contributed by atoms with Crippen LogP contribution in [0.4, 0.5) is 0 Å². The number of ether oxygens (including phenoxy) is 2. The molecule has 0 amide bonds. The molecule has 0 saturated heterocycles. The van der Waals surface area contributed by atoms with E-state index in [2.05, 4.69) is 124 Å². The quantitative estimate of drug-likeness (QED) is 0.126. The minimum absolute atomic E-state index is 0.489. The Balaban J connectivity index is 0.000000178. The van der Waals surface area contributed by atoms with Crippen molar-refractivity contribution in [1.29, 1.82) is 0 Å². The summed E-state index contributed by atoms with van der Waals surface area (Å²) in [6.45, 7) is 0. The average Bonchev–Trinajstić information content (AvgIpc) is 4.09. The molecule has 64 heavy (non-hydrogen) atoms. The first-order valence-corrected chi connectivity index (χ1v) is 25.9. The van der Waals surface area contributed by atoms with Crippen LogP contribution in [0.1, 0.15) is 0 Å². The first-order valence-electron chi connectivity index (χ1n) is 19.4. The number of benzene rings is 6. The maximum Gasteiger partial charge on any atom is 0.217 e. The Hall–Kier alpha value is -5.98. The fourth-order valence-electron chi connectivity index (χ4n) is 6.28. The van der Waals surface area contributed by atoms with Gasteiger partial charge in [0.1, 0.15) is 11.7 Å². The zero-order valence-electron chi connectivity index (χ0n) is 33.4. The van der Waals surface area contributed by atoms with Crippen molar-refractivity contribution in [3.8, 4) is 89.3 Å². The van der Waals surface area contributed by atoms with Gasteiger partial charge in [-0.15, -0.1) is 42.0 Å². The molecule has 0 bridgehead atoms. The molecule has 0 aliphatic carbocycles. The van der Waals surface area contributed by atoms with Gasteiger partial charge in [0.2, 0.25) is 11.8 Å². The van der Waals surface area contributed by atoms with Crippen LogP contribution in [0.2, 0.25) is 0 Å². The van der Waals surface area contributed by atoms with Crippen molar-refractivity contribution < 1.29 is 51.4 Å². The van der Waals surface area contributed by atoms with E-state index >= 15 is 0 Å². The molecule has 10 aromatic rings. The van der Waals surface area contributed by atoms with Gasteiger partial charge in [0, 0.05) is 57.7 Å². The van der Waals surface area contributed by atoms with Gasteiger partial charge in [-0.25, -0.2) is 9.97 Å². The van der Waals surface area contributed by atoms with Gasteiger partial charge in [-0.1, -0.05) is 139 Å². The van der Waals surface area contributed by atoms with Gasteiger partial charge in [-0.3, -0.25) is 9.97 Å². The van der Waals surface area contributed by atoms with Crippen LogP contribution in [0, 0.1) is 12.1 Å². The van der Waals surface area contributed by atoms with Gasteiger partial charge >= 0.3 is 56.4 Å². The summed E-state index contributed by atoms with van der Waals surface area (Å²) in [4.78, 5) is 18.5. The van der Waals surface area contributed by atoms with Gasteiger partial charge in [0.25, 0.3) is 0 Å². The molecule has 10 rings (SSSR count). The molecule has 0 aliphatic heterocycles. The zero-order chi connectivity index (χ0) is 44.4. The molecular weight excluding hydrogens is 1220 g/mol. The topological polar surface area (TPSA) is 83.2 Å². The number of oxazole rings is 1. The summed E-state index contributed by atoms with van der Waals surface area (Å²) in [7, 11) is 9.22. The number of rotatable bonds is 10. The Labute approximate surface area is 406 Å². The molecule has 0 spiro atoms. The molecule has 4 heterocycles. The Morgan fingerprint density at radius 2 is 0.891 bits per heavy atom. The van der Waals surface area contributed by atoms with E-state index in [0.29, 0.717) is 34.9 Å². The van der Waals surface area contributed by atoms with Crippen LogP contribution >= 0.6 is 30.2 Å². The molecule has 0 radical (unpaired) electrons. The van der Waals surface area contributed by atoms with Crippen LogP contribution in [0.15, 0.2) is 211 Å². The molecule has 7 nitrogen and oxygen atoms in total. The van der Waals surface area contributed by atoms with Crippen molar-refractivity contribution in [2.75, 3.05) is 0 Å². The van der Waals surface area contributed by atoms with Crippen molar-refractivity contribution in [2.24, 2.45) is 0 Å². The molecule has 6 aromatic carbocycles. The van der Waals surface area contributed by atoms with Crippen molar-refractivity contribution in [2.45, 2.75) is 0 Å². The summed E-state index contributed by atoms with van der Waals surface area (Å²) < 4.78 is 17.5. The van der Waals surface area contributed by atoms with Crippen molar-refractivity contribution in [1.82, 2.24) is 19.9 Å². The van der Waals surface area contributed by atoms with Crippen LogP contribution in [0.25, 0.3) is 66.0 Å². The Morgan fingerprint density at radius 1 is 0.422 bits per heavy atom. The van der Waals surface area contributed by atoms with E-state index in [-0.39, 0.29) is 0 Å². The monoisotopic (exact) mass is 1250 g/mol. The minimum Gasteiger partial charge on any atom is -0.481 e.